The summed E-state index contributed by atoms with van der Waals surface area (Å²) in [4.78, 5) is 19.0. The van der Waals surface area contributed by atoms with E-state index in [1.807, 2.05) is 0 Å². The van der Waals surface area contributed by atoms with E-state index in [0.29, 0.717) is 0 Å². The van der Waals surface area contributed by atoms with Crippen LogP contribution in [0.3, 0.4) is 0 Å². The number of carbonyl (C=O) groups is 2. The summed E-state index contributed by atoms with van der Waals surface area (Å²) in [6, 6.07) is 0. The molecule has 0 bridgehead atoms. The van der Waals surface area contributed by atoms with Gasteiger partial charge in [0.2, 0.25) is 0 Å². The van der Waals surface area contributed by atoms with Crippen molar-refractivity contribution < 1.29 is 19.4 Å². The number of ether oxygens (including phenoxy) is 1. The molecule has 0 fully saturated rings. The fourth-order valence-corrected chi connectivity index (χ4v) is 0.123. The van der Waals surface area contributed by atoms with Crippen LogP contribution in [0.15, 0.2) is 0 Å². The second kappa shape index (κ2) is 9.20. The Balaban J connectivity index is -0.000000180. The van der Waals surface area contributed by atoms with Gasteiger partial charge in [0, 0.05) is 6.92 Å². The maximum atomic E-state index is 9.65. The maximum absolute atomic E-state index is 9.65. The van der Waals surface area contributed by atoms with Crippen LogP contribution in [0.2, 0.25) is 0 Å². The summed E-state index contributed by atoms with van der Waals surface area (Å²) in [7, 11) is 0. The third kappa shape index (κ3) is 17.6. The van der Waals surface area contributed by atoms with Crippen molar-refractivity contribution in [1.82, 2.24) is 0 Å². The molecule has 0 heterocycles. The first-order valence-electron chi connectivity index (χ1n) is 1.54. The Labute approximate surface area is 104 Å². The predicted molar refractivity (Wildman–Crippen MR) is 35.5 cm³/mol. The molecule has 0 atom stereocenters. The van der Waals surface area contributed by atoms with Crippen LogP contribution in [0.1, 0.15) is 6.92 Å². The number of carboxylic acid groups (broad SMARTS) is 1. The van der Waals surface area contributed by atoms with Gasteiger partial charge in [0.1, 0.15) is 0 Å². The van der Waals surface area contributed by atoms with Gasteiger partial charge in [0.15, 0.2) is 0 Å². The molecule has 0 rings (SSSR count). The van der Waals surface area contributed by atoms with E-state index in [2.05, 4.69) is 4.74 Å². The van der Waals surface area contributed by atoms with Crippen molar-refractivity contribution in [2.45, 2.75) is 6.92 Å². The molecular weight excluding hydrogens is 163 g/mol. The van der Waals surface area contributed by atoms with E-state index < -0.39 is 12.1 Å². The van der Waals surface area contributed by atoms with E-state index in [-0.39, 0.29) is 67.3 Å². The van der Waals surface area contributed by atoms with Crippen molar-refractivity contribution in [3.8, 4) is 0 Å². The third-order valence-electron chi connectivity index (χ3n) is 0.231. The van der Waals surface area contributed by atoms with Gasteiger partial charge in [-0.1, -0.05) is 0 Å². The number of hydrogen-bond donors (Lipinski definition) is 1. The van der Waals surface area contributed by atoms with Gasteiger partial charge >= 0.3 is 79.4 Å². The van der Waals surface area contributed by atoms with Gasteiger partial charge < -0.3 is 9.84 Å². The quantitative estimate of drug-likeness (QED) is 0.278. The Hall–Kier alpha value is 1.20. The molecule has 0 amide bonds. The fraction of sp³-hybridized carbons (Fsp3) is 0.333. The van der Waals surface area contributed by atoms with Crippen LogP contribution in [-0.2, 0) is 9.53 Å². The molecule has 46 valence electrons. The summed E-state index contributed by atoms with van der Waals surface area (Å²) in [5, 5.41) is 7.64. The monoisotopic (exact) mass is 170 g/mol. The molecule has 0 saturated carbocycles. The van der Waals surface area contributed by atoms with Gasteiger partial charge in [0.25, 0.3) is 0 Å². The first-order chi connectivity index (χ1) is 3.13. The second-order valence-corrected chi connectivity index (χ2v) is 0.860. The Morgan fingerprint density at radius 1 is 1.44 bits per heavy atom. The van der Waals surface area contributed by atoms with E-state index in [4.69, 9.17) is 5.11 Å². The molecule has 0 aromatic rings. The molecule has 0 spiro atoms. The molecule has 4 nitrogen and oxygen atoms in total. The predicted octanol–water partition coefficient (Wildman–Crippen LogP) is -1.34. The molecule has 0 saturated heterocycles. The standard InChI is InChI=1S/C3H4O4.Ca.Na.3H/c1-2(4)7-3(5)6;;;;;/h1H3,(H,5,6);;;;;. The number of carbonyl (C=O) groups excluding carboxylic acids is 1. The van der Waals surface area contributed by atoms with Crippen molar-refractivity contribution in [2.24, 2.45) is 0 Å². The van der Waals surface area contributed by atoms with E-state index in [1.54, 1.807) is 0 Å². The summed E-state index contributed by atoms with van der Waals surface area (Å²) in [6.07, 6.45) is -1.56. The number of esters is 1. The van der Waals surface area contributed by atoms with Crippen molar-refractivity contribution in [1.29, 1.82) is 0 Å². The van der Waals surface area contributed by atoms with E-state index in [9.17, 15) is 9.59 Å². The Morgan fingerprint density at radius 3 is 1.78 bits per heavy atom. The summed E-state index contributed by atoms with van der Waals surface area (Å²) in [6.45, 7) is 1.02. The summed E-state index contributed by atoms with van der Waals surface area (Å²) < 4.78 is 3.53. The van der Waals surface area contributed by atoms with E-state index >= 15 is 0 Å². The molecule has 0 aliphatic rings. The number of hydrogen-bond acceptors (Lipinski definition) is 3. The molecule has 0 radical (unpaired) electrons. The van der Waals surface area contributed by atoms with E-state index in [1.165, 1.54) is 0 Å². The fourth-order valence-electron chi connectivity index (χ4n) is 0.123. The molecule has 6 heteroatoms. The third-order valence-corrected chi connectivity index (χ3v) is 0.231. The van der Waals surface area contributed by atoms with Gasteiger partial charge in [-0.3, -0.25) is 4.79 Å². The Morgan fingerprint density at radius 2 is 1.78 bits per heavy atom. The topological polar surface area (TPSA) is 63.6 Å². The van der Waals surface area contributed by atoms with Crippen LogP contribution in [0, 0.1) is 0 Å². The minimum atomic E-state index is -1.56. The summed E-state index contributed by atoms with van der Waals surface area (Å²) in [5.74, 6) is -0.812. The molecule has 0 aromatic carbocycles. The summed E-state index contributed by atoms with van der Waals surface area (Å²) >= 11 is 0. The van der Waals surface area contributed by atoms with Crippen LogP contribution in [0.25, 0.3) is 0 Å². The van der Waals surface area contributed by atoms with Crippen molar-refractivity contribution in [3.05, 3.63) is 0 Å². The van der Waals surface area contributed by atoms with Gasteiger partial charge in [-0.25, -0.2) is 4.79 Å². The van der Waals surface area contributed by atoms with Crippen LogP contribution in [0.5, 0.6) is 0 Å². The normalized spacial score (nSPS) is 5.89. The Bertz CT molecular complexity index is 92.0. The SMILES string of the molecule is CC(=O)OC(=O)O.[CaH2].[NaH]. The zero-order valence-corrected chi connectivity index (χ0v) is 3.67. The van der Waals surface area contributed by atoms with Gasteiger partial charge in [-0.2, -0.15) is 0 Å². The van der Waals surface area contributed by atoms with E-state index in [0.717, 1.165) is 6.92 Å². The molecule has 0 unspecified atom stereocenters. The molecule has 1 N–H and O–H groups in total. The average Bonchev–Trinajstić information content (AvgIpc) is 1.27. The molecule has 0 aromatic heterocycles. The zero-order chi connectivity index (χ0) is 5.86. The van der Waals surface area contributed by atoms with Gasteiger partial charge in [-0.15, -0.1) is 0 Å². The van der Waals surface area contributed by atoms with Crippen LogP contribution in [-0.4, -0.2) is 84.5 Å². The number of rotatable bonds is 0. The first-order valence-corrected chi connectivity index (χ1v) is 1.54. The molecular formula is C3H7CaNaO4. The van der Waals surface area contributed by atoms with Crippen LogP contribution < -0.4 is 0 Å². The van der Waals surface area contributed by atoms with Crippen molar-refractivity contribution >= 4 is 79.4 Å². The molecule has 0 aliphatic heterocycles. The van der Waals surface area contributed by atoms with Gasteiger partial charge in [0.05, 0.1) is 0 Å². The minimum absolute atomic E-state index is 0. The Kier molecular flexibility index (Phi) is 17.0. The van der Waals surface area contributed by atoms with Crippen LogP contribution in [0.4, 0.5) is 4.79 Å². The molecule has 0 aliphatic carbocycles. The average molecular weight is 170 g/mol. The van der Waals surface area contributed by atoms with Gasteiger partial charge in [-0.05, 0) is 0 Å². The van der Waals surface area contributed by atoms with Crippen molar-refractivity contribution in [3.63, 3.8) is 0 Å². The molecule has 9 heavy (non-hydrogen) atoms. The zero-order valence-electron chi connectivity index (χ0n) is 3.67. The van der Waals surface area contributed by atoms with Crippen LogP contribution >= 0.6 is 0 Å². The first kappa shape index (κ1) is 16.7. The van der Waals surface area contributed by atoms with Crippen molar-refractivity contribution in [2.75, 3.05) is 0 Å². The second-order valence-electron chi connectivity index (χ2n) is 0.860. The summed E-state index contributed by atoms with van der Waals surface area (Å²) in [5.41, 5.74) is 0.